The van der Waals surface area contributed by atoms with Gasteiger partial charge in [0.15, 0.2) is 0 Å². The zero-order chi connectivity index (χ0) is 22.0. The highest BCUT2D eigenvalue weighted by Gasteiger charge is 2.33. The van der Waals surface area contributed by atoms with Gasteiger partial charge >= 0.3 is 0 Å². The summed E-state index contributed by atoms with van der Waals surface area (Å²) in [5, 5.41) is 0.681. The predicted octanol–water partition coefficient (Wildman–Crippen LogP) is 3.99. The van der Waals surface area contributed by atoms with Crippen LogP contribution in [0.5, 0.6) is 0 Å². The maximum atomic E-state index is 13.3. The zero-order valence-corrected chi connectivity index (χ0v) is 18.9. The van der Waals surface area contributed by atoms with Gasteiger partial charge in [-0.2, -0.15) is 0 Å². The average molecular weight is 439 g/mol. The number of aromatic nitrogens is 4. The molecule has 1 saturated heterocycles. The van der Waals surface area contributed by atoms with E-state index in [1.165, 1.54) is 0 Å². The number of hydrogen-bond donors (Lipinski definition) is 0. The van der Waals surface area contributed by atoms with Crippen LogP contribution >= 0.6 is 11.6 Å². The lowest BCUT2D eigenvalue weighted by Gasteiger charge is -2.27. The molecule has 0 aliphatic carbocycles. The quantitative estimate of drug-likeness (QED) is 0.582. The first-order valence-electron chi connectivity index (χ1n) is 10.6. The number of amides is 1. The molecule has 1 aliphatic rings. The minimum Gasteiger partial charge on any atom is -0.347 e. The van der Waals surface area contributed by atoms with Crippen LogP contribution in [0, 0.1) is 0 Å². The lowest BCUT2D eigenvalue weighted by atomic mass is 10.00. The number of rotatable bonds is 6. The summed E-state index contributed by atoms with van der Waals surface area (Å²) in [5.41, 5.74) is 2.81. The number of anilines is 1. The van der Waals surface area contributed by atoms with Crippen molar-refractivity contribution in [2.75, 3.05) is 25.5 Å². The van der Waals surface area contributed by atoms with E-state index in [1.807, 2.05) is 72.0 Å². The van der Waals surface area contributed by atoms with Crippen LogP contribution in [0.25, 0.3) is 11.1 Å². The smallest absolute Gasteiger partial charge is 0.243 e. The number of benzene rings is 1. The Hall–Kier alpha value is -2.93. The van der Waals surface area contributed by atoms with Crippen LogP contribution in [-0.2, 0) is 17.8 Å². The maximum absolute atomic E-state index is 13.3. The number of carbonyl (C=O) groups excluding carboxylic acids is 1. The molecule has 0 bridgehead atoms. The molecule has 3 aromatic rings. The van der Waals surface area contributed by atoms with E-state index >= 15 is 0 Å². The van der Waals surface area contributed by atoms with Gasteiger partial charge in [0.05, 0.1) is 11.7 Å². The van der Waals surface area contributed by atoms with Gasteiger partial charge in [0.2, 0.25) is 11.9 Å². The van der Waals surface area contributed by atoms with Crippen molar-refractivity contribution in [2.45, 2.75) is 38.8 Å². The SMILES string of the molecule is CCc1nccn1CC(=O)N1CCC[C@@H]1c1nc(N(C)C)ncc1-c1ccc(Cl)cc1. The van der Waals surface area contributed by atoms with E-state index in [0.717, 1.165) is 48.5 Å². The molecule has 2 aromatic heterocycles. The lowest BCUT2D eigenvalue weighted by molar-refractivity contribution is -0.132. The first kappa shape index (κ1) is 21.3. The molecule has 1 aromatic carbocycles. The summed E-state index contributed by atoms with van der Waals surface area (Å²) < 4.78 is 1.93. The Morgan fingerprint density at radius 3 is 2.71 bits per heavy atom. The second-order valence-corrected chi connectivity index (χ2v) is 8.38. The Balaban J connectivity index is 1.69. The third kappa shape index (κ3) is 4.42. The molecule has 31 heavy (non-hydrogen) atoms. The van der Waals surface area contributed by atoms with Crippen LogP contribution in [0.3, 0.4) is 0 Å². The molecule has 7 nitrogen and oxygen atoms in total. The van der Waals surface area contributed by atoms with Crippen LogP contribution in [0.4, 0.5) is 5.95 Å². The van der Waals surface area contributed by atoms with E-state index in [0.29, 0.717) is 17.5 Å². The Kier molecular flexibility index (Phi) is 6.23. The fourth-order valence-corrected chi connectivity index (χ4v) is 4.22. The minimum atomic E-state index is -0.0894. The van der Waals surface area contributed by atoms with Crippen LogP contribution in [0.15, 0.2) is 42.9 Å². The van der Waals surface area contributed by atoms with Crippen molar-refractivity contribution < 1.29 is 4.79 Å². The molecule has 0 saturated carbocycles. The van der Waals surface area contributed by atoms with Crippen molar-refractivity contribution in [3.63, 3.8) is 0 Å². The van der Waals surface area contributed by atoms with Gasteiger partial charge < -0.3 is 14.4 Å². The highest BCUT2D eigenvalue weighted by molar-refractivity contribution is 6.30. The number of likely N-dealkylation sites (tertiary alicyclic amines) is 1. The molecule has 0 N–H and O–H groups in total. The van der Waals surface area contributed by atoms with Crippen LogP contribution in [0.1, 0.15) is 37.3 Å². The number of nitrogens with zero attached hydrogens (tertiary/aromatic N) is 6. The van der Waals surface area contributed by atoms with Crippen molar-refractivity contribution in [1.29, 1.82) is 0 Å². The van der Waals surface area contributed by atoms with E-state index in [2.05, 4.69) is 9.97 Å². The standard InChI is InChI=1S/C23H27ClN6O/c1-4-20-25-11-13-29(20)15-21(31)30-12-5-6-19(30)22-18(14-26-23(27-22)28(2)3)16-7-9-17(24)10-8-16/h7-11,13-14,19H,4-6,12,15H2,1-3H3/t19-/m1/s1. The highest BCUT2D eigenvalue weighted by atomic mass is 35.5. The largest absolute Gasteiger partial charge is 0.347 e. The second kappa shape index (κ2) is 9.06. The lowest BCUT2D eigenvalue weighted by Crippen LogP contribution is -2.34. The number of hydrogen-bond acceptors (Lipinski definition) is 5. The molecule has 1 amide bonds. The summed E-state index contributed by atoms with van der Waals surface area (Å²) in [7, 11) is 3.84. The summed E-state index contributed by atoms with van der Waals surface area (Å²) in [6.07, 6.45) is 8.09. The van der Waals surface area contributed by atoms with Crippen molar-refractivity contribution in [2.24, 2.45) is 0 Å². The van der Waals surface area contributed by atoms with Gasteiger partial charge in [-0.15, -0.1) is 0 Å². The van der Waals surface area contributed by atoms with Crippen molar-refractivity contribution in [1.82, 2.24) is 24.4 Å². The van der Waals surface area contributed by atoms with Crippen LogP contribution in [0.2, 0.25) is 5.02 Å². The third-order valence-corrected chi connectivity index (χ3v) is 5.93. The molecule has 1 atom stereocenters. The third-order valence-electron chi connectivity index (χ3n) is 5.67. The Labute approximate surface area is 187 Å². The van der Waals surface area contributed by atoms with Crippen LogP contribution < -0.4 is 4.90 Å². The average Bonchev–Trinajstić information content (AvgIpc) is 3.43. The molecule has 0 radical (unpaired) electrons. The summed E-state index contributed by atoms with van der Waals surface area (Å²) in [4.78, 5) is 30.9. The second-order valence-electron chi connectivity index (χ2n) is 7.94. The van der Waals surface area contributed by atoms with E-state index < -0.39 is 0 Å². The first-order valence-corrected chi connectivity index (χ1v) is 11.0. The number of halogens is 1. The number of carbonyl (C=O) groups is 1. The number of aryl methyl sites for hydroxylation is 1. The van der Waals surface area contributed by atoms with E-state index in [-0.39, 0.29) is 11.9 Å². The minimum absolute atomic E-state index is 0.0854. The summed E-state index contributed by atoms with van der Waals surface area (Å²) in [6.45, 7) is 3.06. The van der Waals surface area contributed by atoms with Crippen molar-refractivity contribution in [3.8, 4) is 11.1 Å². The van der Waals surface area contributed by atoms with Crippen LogP contribution in [-0.4, -0.2) is 51.0 Å². The molecule has 1 aliphatic heterocycles. The molecule has 0 unspecified atom stereocenters. The summed E-state index contributed by atoms with van der Waals surface area (Å²) >= 11 is 6.09. The number of imidazole rings is 1. The fourth-order valence-electron chi connectivity index (χ4n) is 4.09. The summed E-state index contributed by atoms with van der Waals surface area (Å²) in [6, 6.07) is 7.58. The van der Waals surface area contributed by atoms with Crippen molar-refractivity contribution in [3.05, 3.63) is 59.4 Å². The Morgan fingerprint density at radius 1 is 1.23 bits per heavy atom. The zero-order valence-electron chi connectivity index (χ0n) is 18.1. The molecule has 162 valence electrons. The Morgan fingerprint density at radius 2 is 2.00 bits per heavy atom. The topological polar surface area (TPSA) is 67.2 Å². The molecular weight excluding hydrogens is 412 g/mol. The Bertz CT molecular complexity index is 1060. The summed E-state index contributed by atoms with van der Waals surface area (Å²) in [5.74, 6) is 1.64. The van der Waals surface area contributed by atoms with Gasteiger partial charge in [-0.05, 0) is 30.5 Å². The maximum Gasteiger partial charge on any atom is 0.243 e. The molecule has 0 spiro atoms. The van der Waals surface area contributed by atoms with Crippen molar-refractivity contribution >= 4 is 23.5 Å². The first-order chi connectivity index (χ1) is 15.0. The van der Waals surface area contributed by atoms with Gasteiger partial charge in [0.25, 0.3) is 0 Å². The molecule has 3 heterocycles. The molecule has 8 heteroatoms. The predicted molar refractivity (Wildman–Crippen MR) is 122 cm³/mol. The van der Waals surface area contributed by atoms with Gasteiger partial charge in [-0.1, -0.05) is 30.7 Å². The van der Waals surface area contributed by atoms with Gasteiger partial charge in [0.1, 0.15) is 12.4 Å². The molecule has 1 fully saturated rings. The van der Waals surface area contributed by atoms with E-state index in [1.54, 1.807) is 6.20 Å². The van der Waals surface area contributed by atoms with Gasteiger partial charge in [0, 0.05) is 56.2 Å². The van der Waals surface area contributed by atoms with Gasteiger partial charge in [-0.3, -0.25) is 4.79 Å². The highest BCUT2D eigenvalue weighted by Crippen LogP contribution is 2.37. The molecular formula is C23H27ClN6O. The normalized spacial score (nSPS) is 16.0. The monoisotopic (exact) mass is 438 g/mol. The fraction of sp³-hybridized carbons (Fsp3) is 0.391. The van der Waals surface area contributed by atoms with Gasteiger partial charge in [-0.25, -0.2) is 15.0 Å². The van der Waals surface area contributed by atoms with E-state index in [4.69, 9.17) is 16.6 Å². The van der Waals surface area contributed by atoms with E-state index in [9.17, 15) is 4.79 Å². The molecule has 4 rings (SSSR count).